The number of carbonyl (C=O) groups is 1. The molecule has 1 amide bonds. The molecule has 2 rings (SSSR count). The van der Waals surface area contributed by atoms with E-state index in [0.29, 0.717) is 12.1 Å². The van der Waals surface area contributed by atoms with Crippen LogP contribution in [0.3, 0.4) is 0 Å². The highest BCUT2D eigenvalue weighted by atomic mass is 16.5. The Hall–Kier alpha value is -1.77. The van der Waals surface area contributed by atoms with Gasteiger partial charge >= 0.3 is 0 Å². The van der Waals surface area contributed by atoms with Gasteiger partial charge in [-0.1, -0.05) is 11.6 Å². The summed E-state index contributed by atoms with van der Waals surface area (Å²) >= 11 is 0. The van der Waals surface area contributed by atoms with E-state index in [1.165, 1.54) is 18.4 Å². The van der Waals surface area contributed by atoms with Crippen molar-refractivity contribution in [2.24, 2.45) is 0 Å². The maximum absolute atomic E-state index is 12.1. The molecule has 0 spiro atoms. The first-order chi connectivity index (χ1) is 9.20. The number of allylic oxidation sites excluding steroid dienone is 1. The SMILES string of the molecule is COc1ccc(C(=O)NCC2=CCCCC2)cc1C. The molecule has 0 heterocycles. The minimum absolute atomic E-state index is 0.0165. The summed E-state index contributed by atoms with van der Waals surface area (Å²) in [7, 11) is 1.64. The third-order valence-electron chi connectivity index (χ3n) is 3.52. The topological polar surface area (TPSA) is 38.3 Å². The molecule has 0 saturated heterocycles. The van der Waals surface area contributed by atoms with E-state index in [9.17, 15) is 4.79 Å². The largest absolute Gasteiger partial charge is 0.496 e. The van der Waals surface area contributed by atoms with Crippen molar-refractivity contribution in [3.63, 3.8) is 0 Å². The molecule has 0 unspecified atom stereocenters. The monoisotopic (exact) mass is 259 g/mol. The van der Waals surface area contributed by atoms with Crippen molar-refractivity contribution in [2.45, 2.75) is 32.6 Å². The number of amides is 1. The summed E-state index contributed by atoms with van der Waals surface area (Å²) in [5, 5.41) is 2.99. The van der Waals surface area contributed by atoms with Gasteiger partial charge < -0.3 is 10.1 Å². The fraction of sp³-hybridized carbons (Fsp3) is 0.438. The first-order valence-electron chi connectivity index (χ1n) is 6.81. The first-order valence-corrected chi connectivity index (χ1v) is 6.81. The minimum Gasteiger partial charge on any atom is -0.496 e. The molecule has 1 N–H and O–H groups in total. The normalized spacial score (nSPS) is 14.7. The smallest absolute Gasteiger partial charge is 0.251 e. The first kappa shape index (κ1) is 13.7. The fourth-order valence-electron chi connectivity index (χ4n) is 2.38. The van der Waals surface area contributed by atoms with E-state index >= 15 is 0 Å². The van der Waals surface area contributed by atoms with E-state index in [4.69, 9.17) is 4.74 Å². The number of methoxy groups -OCH3 is 1. The molecule has 102 valence electrons. The van der Waals surface area contributed by atoms with Crippen molar-refractivity contribution >= 4 is 5.91 Å². The quantitative estimate of drug-likeness (QED) is 0.843. The highest BCUT2D eigenvalue weighted by molar-refractivity contribution is 5.94. The van der Waals surface area contributed by atoms with Crippen LogP contribution in [0.15, 0.2) is 29.8 Å². The molecule has 0 radical (unpaired) electrons. The Bertz CT molecular complexity index is 492. The summed E-state index contributed by atoms with van der Waals surface area (Å²) in [5.74, 6) is 0.795. The van der Waals surface area contributed by atoms with E-state index in [-0.39, 0.29) is 5.91 Å². The van der Waals surface area contributed by atoms with Gasteiger partial charge in [0, 0.05) is 12.1 Å². The number of carbonyl (C=O) groups excluding carboxylic acids is 1. The summed E-state index contributed by atoms with van der Waals surface area (Å²) in [6, 6.07) is 5.50. The highest BCUT2D eigenvalue weighted by Crippen LogP contribution is 2.19. The molecule has 0 saturated carbocycles. The van der Waals surface area contributed by atoms with Crippen LogP contribution in [-0.4, -0.2) is 19.6 Å². The van der Waals surface area contributed by atoms with Gasteiger partial charge in [0.25, 0.3) is 5.91 Å². The second-order valence-corrected chi connectivity index (χ2v) is 4.98. The van der Waals surface area contributed by atoms with Gasteiger partial charge in [0.15, 0.2) is 0 Å². The van der Waals surface area contributed by atoms with Crippen molar-refractivity contribution in [3.05, 3.63) is 41.0 Å². The van der Waals surface area contributed by atoms with Crippen LogP contribution in [-0.2, 0) is 0 Å². The van der Waals surface area contributed by atoms with Crippen LogP contribution in [0.5, 0.6) is 5.75 Å². The molecule has 3 nitrogen and oxygen atoms in total. The van der Waals surface area contributed by atoms with E-state index in [1.807, 2.05) is 19.1 Å². The lowest BCUT2D eigenvalue weighted by Crippen LogP contribution is -2.26. The van der Waals surface area contributed by atoms with Crippen molar-refractivity contribution in [2.75, 3.05) is 13.7 Å². The number of aryl methyl sites for hydroxylation is 1. The number of ether oxygens (including phenoxy) is 1. The van der Waals surface area contributed by atoms with Crippen LogP contribution >= 0.6 is 0 Å². The number of hydrogen-bond acceptors (Lipinski definition) is 2. The van der Waals surface area contributed by atoms with Crippen LogP contribution in [0.4, 0.5) is 0 Å². The molecule has 0 fully saturated rings. The third kappa shape index (κ3) is 3.60. The van der Waals surface area contributed by atoms with Gasteiger partial charge in [-0.2, -0.15) is 0 Å². The van der Waals surface area contributed by atoms with Crippen molar-refractivity contribution in [1.29, 1.82) is 0 Å². The Morgan fingerprint density at radius 2 is 2.21 bits per heavy atom. The van der Waals surface area contributed by atoms with Crippen LogP contribution in [0.2, 0.25) is 0 Å². The molecule has 19 heavy (non-hydrogen) atoms. The molecule has 1 aliphatic rings. The maximum Gasteiger partial charge on any atom is 0.251 e. The summed E-state index contributed by atoms with van der Waals surface area (Å²) in [6.45, 7) is 2.61. The lowest BCUT2D eigenvalue weighted by Gasteiger charge is -2.14. The molecule has 1 aliphatic carbocycles. The predicted molar refractivity (Wildman–Crippen MR) is 76.6 cm³/mol. The van der Waals surface area contributed by atoms with Crippen molar-refractivity contribution < 1.29 is 9.53 Å². The summed E-state index contributed by atoms with van der Waals surface area (Å²) in [5.41, 5.74) is 3.02. The van der Waals surface area contributed by atoms with Gasteiger partial charge in [0.05, 0.1) is 7.11 Å². The number of nitrogens with one attached hydrogen (secondary N) is 1. The zero-order chi connectivity index (χ0) is 13.7. The lowest BCUT2D eigenvalue weighted by molar-refractivity contribution is 0.0956. The van der Waals surface area contributed by atoms with Gasteiger partial charge in [-0.05, 0) is 56.4 Å². The molecule has 0 aromatic heterocycles. The van der Waals surface area contributed by atoms with Gasteiger partial charge in [0.1, 0.15) is 5.75 Å². The third-order valence-corrected chi connectivity index (χ3v) is 3.52. The zero-order valence-electron chi connectivity index (χ0n) is 11.7. The Balaban J connectivity index is 1.96. The molecule has 0 bridgehead atoms. The summed E-state index contributed by atoms with van der Waals surface area (Å²) in [6.07, 6.45) is 7.02. The minimum atomic E-state index is -0.0165. The van der Waals surface area contributed by atoms with E-state index in [2.05, 4.69) is 11.4 Å². The van der Waals surface area contributed by atoms with Crippen LogP contribution in [0.1, 0.15) is 41.6 Å². The Morgan fingerprint density at radius 3 is 2.84 bits per heavy atom. The van der Waals surface area contributed by atoms with Gasteiger partial charge in [-0.15, -0.1) is 0 Å². The summed E-state index contributed by atoms with van der Waals surface area (Å²) in [4.78, 5) is 12.1. The van der Waals surface area contributed by atoms with Crippen LogP contribution < -0.4 is 10.1 Å². The molecular weight excluding hydrogens is 238 g/mol. The molecule has 0 atom stereocenters. The average Bonchev–Trinajstić information content (AvgIpc) is 2.45. The fourth-order valence-corrected chi connectivity index (χ4v) is 2.38. The second-order valence-electron chi connectivity index (χ2n) is 4.98. The van der Waals surface area contributed by atoms with Gasteiger partial charge in [0.2, 0.25) is 0 Å². The van der Waals surface area contributed by atoms with E-state index in [0.717, 1.165) is 24.2 Å². The van der Waals surface area contributed by atoms with Crippen LogP contribution in [0.25, 0.3) is 0 Å². The molecule has 1 aromatic rings. The maximum atomic E-state index is 12.1. The van der Waals surface area contributed by atoms with Crippen LogP contribution in [0, 0.1) is 6.92 Å². The Labute approximate surface area is 114 Å². The molecular formula is C16H21NO2. The number of rotatable bonds is 4. The molecule has 1 aromatic carbocycles. The zero-order valence-corrected chi connectivity index (χ0v) is 11.7. The standard InChI is InChI=1S/C16H21NO2/c1-12-10-14(8-9-15(12)19-2)16(18)17-11-13-6-4-3-5-7-13/h6,8-10H,3-5,7,11H2,1-2H3,(H,17,18). The van der Waals surface area contributed by atoms with Crippen molar-refractivity contribution in [1.82, 2.24) is 5.32 Å². The average molecular weight is 259 g/mol. The second kappa shape index (κ2) is 6.41. The highest BCUT2D eigenvalue weighted by Gasteiger charge is 2.09. The van der Waals surface area contributed by atoms with Crippen molar-refractivity contribution in [3.8, 4) is 5.75 Å². The number of hydrogen-bond donors (Lipinski definition) is 1. The summed E-state index contributed by atoms with van der Waals surface area (Å²) < 4.78 is 5.19. The van der Waals surface area contributed by atoms with Gasteiger partial charge in [-0.3, -0.25) is 4.79 Å². The van der Waals surface area contributed by atoms with E-state index < -0.39 is 0 Å². The predicted octanol–water partition coefficient (Wildman–Crippen LogP) is 3.23. The molecule has 0 aliphatic heterocycles. The lowest BCUT2D eigenvalue weighted by atomic mass is 9.99. The number of benzene rings is 1. The van der Waals surface area contributed by atoms with Gasteiger partial charge in [-0.25, -0.2) is 0 Å². The Kier molecular flexibility index (Phi) is 4.61. The van der Waals surface area contributed by atoms with E-state index in [1.54, 1.807) is 13.2 Å². The molecule has 3 heteroatoms. The Morgan fingerprint density at radius 1 is 1.37 bits per heavy atom.